The van der Waals surface area contributed by atoms with Gasteiger partial charge in [-0.3, -0.25) is 4.79 Å². The number of fused-ring (bicyclic) bond motifs is 1. The van der Waals surface area contributed by atoms with Gasteiger partial charge in [0, 0.05) is 22.4 Å². The van der Waals surface area contributed by atoms with Gasteiger partial charge in [0.15, 0.2) is 11.5 Å². The Morgan fingerprint density at radius 3 is 2.37 bits per heavy atom. The summed E-state index contributed by atoms with van der Waals surface area (Å²) in [5, 5.41) is 2.90. The summed E-state index contributed by atoms with van der Waals surface area (Å²) in [5.41, 5.74) is 2.98. The second kappa shape index (κ2) is 7.67. The van der Waals surface area contributed by atoms with Crippen molar-refractivity contribution in [1.82, 2.24) is 0 Å². The van der Waals surface area contributed by atoms with Gasteiger partial charge in [0.1, 0.15) is 13.2 Å². The molecule has 1 aliphatic heterocycles. The third-order valence-corrected chi connectivity index (χ3v) is 4.05. The van der Waals surface area contributed by atoms with Crippen LogP contribution in [0.3, 0.4) is 0 Å². The van der Waals surface area contributed by atoms with Gasteiger partial charge in [-0.1, -0.05) is 36.1 Å². The molecule has 1 aliphatic rings. The summed E-state index contributed by atoms with van der Waals surface area (Å²) in [6, 6.07) is 22.4. The maximum absolute atomic E-state index is 12.5. The molecular formula is C23H17NO3. The lowest BCUT2D eigenvalue weighted by atomic mass is 10.1. The molecule has 0 bridgehead atoms. The number of carbonyl (C=O) groups is 1. The molecule has 132 valence electrons. The Morgan fingerprint density at radius 1 is 0.778 bits per heavy atom. The second-order valence-electron chi connectivity index (χ2n) is 6.01. The van der Waals surface area contributed by atoms with Crippen molar-refractivity contribution in [2.24, 2.45) is 0 Å². The summed E-state index contributed by atoms with van der Waals surface area (Å²) in [4.78, 5) is 12.5. The number of benzene rings is 3. The predicted octanol–water partition coefficient (Wildman–Crippen LogP) is 4.11. The first-order chi connectivity index (χ1) is 13.3. The summed E-state index contributed by atoms with van der Waals surface area (Å²) in [7, 11) is 0. The molecule has 1 heterocycles. The summed E-state index contributed by atoms with van der Waals surface area (Å²) in [6.45, 7) is 1.01. The Kier molecular flexibility index (Phi) is 4.76. The van der Waals surface area contributed by atoms with E-state index in [1.807, 2.05) is 54.6 Å². The van der Waals surface area contributed by atoms with Crippen molar-refractivity contribution in [3.05, 3.63) is 89.5 Å². The first kappa shape index (κ1) is 16.7. The van der Waals surface area contributed by atoms with Crippen LogP contribution in [0.15, 0.2) is 72.8 Å². The fraction of sp³-hybridized carbons (Fsp3) is 0.0870. The number of anilines is 1. The lowest BCUT2D eigenvalue weighted by molar-refractivity contribution is 0.102. The number of hydrogen-bond acceptors (Lipinski definition) is 3. The van der Waals surface area contributed by atoms with Crippen molar-refractivity contribution in [2.75, 3.05) is 18.5 Å². The molecule has 0 unspecified atom stereocenters. The number of ether oxygens (including phenoxy) is 2. The lowest BCUT2D eigenvalue weighted by Crippen LogP contribution is -2.17. The zero-order chi connectivity index (χ0) is 18.5. The number of amides is 1. The zero-order valence-electron chi connectivity index (χ0n) is 14.6. The van der Waals surface area contributed by atoms with E-state index in [0.717, 1.165) is 11.1 Å². The Morgan fingerprint density at radius 2 is 1.52 bits per heavy atom. The van der Waals surface area contributed by atoms with Crippen LogP contribution in [0.4, 0.5) is 5.69 Å². The highest BCUT2D eigenvalue weighted by Crippen LogP contribution is 2.31. The Balaban J connectivity index is 1.50. The van der Waals surface area contributed by atoms with Crippen LogP contribution in [0.5, 0.6) is 11.5 Å². The van der Waals surface area contributed by atoms with Gasteiger partial charge in [0.05, 0.1) is 0 Å². The number of carbonyl (C=O) groups excluding carboxylic acids is 1. The van der Waals surface area contributed by atoms with Crippen LogP contribution < -0.4 is 14.8 Å². The topological polar surface area (TPSA) is 47.6 Å². The van der Waals surface area contributed by atoms with Gasteiger partial charge in [0.25, 0.3) is 5.91 Å². The van der Waals surface area contributed by atoms with Crippen molar-refractivity contribution in [3.8, 4) is 23.3 Å². The second-order valence-corrected chi connectivity index (χ2v) is 6.01. The van der Waals surface area contributed by atoms with E-state index in [0.29, 0.717) is 36.0 Å². The van der Waals surface area contributed by atoms with Gasteiger partial charge >= 0.3 is 0 Å². The lowest BCUT2D eigenvalue weighted by Gasteiger charge is -2.18. The van der Waals surface area contributed by atoms with Crippen LogP contribution in [0.25, 0.3) is 0 Å². The third kappa shape index (κ3) is 4.10. The molecule has 0 aromatic heterocycles. The normalized spacial score (nSPS) is 11.9. The molecule has 0 saturated heterocycles. The summed E-state index contributed by atoms with van der Waals surface area (Å²) >= 11 is 0. The summed E-state index contributed by atoms with van der Waals surface area (Å²) < 4.78 is 11.0. The van der Waals surface area contributed by atoms with E-state index in [1.54, 1.807) is 18.2 Å². The van der Waals surface area contributed by atoms with E-state index >= 15 is 0 Å². The Hall–Kier alpha value is -3.71. The number of nitrogens with one attached hydrogen (secondary N) is 1. The minimum Gasteiger partial charge on any atom is -0.486 e. The maximum Gasteiger partial charge on any atom is 0.255 e. The van der Waals surface area contributed by atoms with Gasteiger partial charge in [-0.2, -0.15) is 0 Å². The summed E-state index contributed by atoms with van der Waals surface area (Å²) in [6.07, 6.45) is 0. The minimum absolute atomic E-state index is 0.208. The molecule has 0 saturated carbocycles. The van der Waals surface area contributed by atoms with E-state index in [1.165, 1.54) is 0 Å². The van der Waals surface area contributed by atoms with E-state index in [9.17, 15) is 4.79 Å². The van der Waals surface area contributed by atoms with Crippen molar-refractivity contribution in [1.29, 1.82) is 0 Å². The number of rotatable bonds is 2. The molecule has 4 heteroatoms. The van der Waals surface area contributed by atoms with Crippen LogP contribution in [0.1, 0.15) is 21.5 Å². The standard InChI is InChI=1S/C23H17NO3/c25-23(19-11-12-21-22(16-19)27-14-13-26-21)24-20-8-4-7-18(15-20)10-9-17-5-2-1-3-6-17/h1-8,11-12,15-16H,13-14H2,(H,24,25). The van der Waals surface area contributed by atoms with Gasteiger partial charge in [-0.05, 0) is 48.5 Å². The first-order valence-electron chi connectivity index (χ1n) is 8.66. The molecule has 3 aromatic rings. The van der Waals surface area contributed by atoms with Crippen molar-refractivity contribution < 1.29 is 14.3 Å². The smallest absolute Gasteiger partial charge is 0.255 e. The number of hydrogen-bond donors (Lipinski definition) is 1. The van der Waals surface area contributed by atoms with Crippen LogP contribution in [-0.4, -0.2) is 19.1 Å². The van der Waals surface area contributed by atoms with Gasteiger partial charge < -0.3 is 14.8 Å². The van der Waals surface area contributed by atoms with Crippen LogP contribution in [-0.2, 0) is 0 Å². The van der Waals surface area contributed by atoms with Crippen molar-refractivity contribution >= 4 is 11.6 Å². The van der Waals surface area contributed by atoms with Gasteiger partial charge in [-0.15, -0.1) is 0 Å². The molecule has 4 rings (SSSR count). The van der Waals surface area contributed by atoms with Gasteiger partial charge in [-0.25, -0.2) is 0 Å². The van der Waals surface area contributed by atoms with E-state index in [-0.39, 0.29) is 5.91 Å². The molecule has 0 fully saturated rings. The summed E-state index contributed by atoms with van der Waals surface area (Å²) in [5.74, 6) is 7.28. The van der Waals surface area contributed by atoms with Crippen LogP contribution in [0, 0.1) is 11.8 Å². The van der Waals surface area contributed by atoms with Crippen LogP contribution >= 0.6 is 0 Å². The van der Waals surface area contributed by atoms with Gasteiger partial charge in [0.2, 0.25) is 0 Å². The van der Waals surface area contributed by atoms with Crippen LogP contribution in [0.2, 0.25) is 0 Å². The van der Waals surface area contributed by atoms with E-state index in [2.05, 4.69) is 17.2 Å². The molecule has 3 aromatic carbocycles. The average Bonchev–Trinajstić information content (AvgIpc) is 2.73. The van der Waals surface area contributed by atoms with Crippen molar-refractivity contribution in [3.63, 3.8) is 0 Å². The zero-order valence-corrected chi connectivity index (χ0v) is 14.6. The first-order valence-corrected chi connectivity index (χ1v) is 8.66. The minimum atomic E-state index is -0.208. The van der Waals surface area contributed by atoms with Crippen molar-refractivity contribution in [2.45, 2.75) is 0 Å². The molecule has 4 nitrogen and oxygen atoms in total. The van der Waals surface area contributed by atoms with E-state index in [4.69, 9.17) is 9.47 Å². The maximum atomic E-state index is 12.5. The molecular weight excluding hydrogens is 338 g/mol. The monoisotopic (exact) mass is 355 g/mol. The highest BCUT2D eigenvalue weighted by atomic mass is 16.6. The Labute approximate surface area is 157 Å². The largest absolute Gasteiger partial charge is 0.486 e. The molecule has 1 N–H and O–H groups in total. The molecule has 0 atom stereocenters. The molecule has 27 heavy (non-hydrogen) atoms. The fourth-order valence-electron chi connectivity index (χ4n) is 2.73. The molecule has 1 amide bonds. The molecule has 0 spiro atoms. The highest BCUT2D eigenvalue weighted by Gasteiger charge is 2.15. The molecule has 0 aliphatic carbocycles. The van der Waals surface area contributed by atoms with E-state index < -0.39 is 0 Å². The molecule has 0 radical (unpaired) electrons. The predicted molar refractivity (Wildman–Crippen MR) is 104 cm³/mol. The Bertz CT molecular complexity index is 1030. The third-order valence-electron chi connectivity index (χ3n) is 4.05. The highest BCUT2D eigenvalue weighted by molar-refractivity contribution is 6.04. The fourth-order valence-corrected chi connectivity index (χ4v) is 2.73. The average molecular weight is 355 g/mol. The quantitative estimate of drug-likeness (QED) is 0.704. The SMILES string of the molecule is O=C(Nc1cccc(C#Cc2ccccc2)c1)c1ccc2c(c1)OCCO2.